The summed E-state index contributed by atoms with van der Waals surface area (Å²) in [5.74, 6) is 0. The molecule has 0 amide bonds. The van der Waals surface area contributed by atoms with Gasteiger partial charge in [0, 0.05) is 18.8 Å². The van der Waals surface area contributed by atoms with E-state index in [9.17, 15) is 0 Å². The van der Waals surface area contributed by atoms with Crippen LogP contribution in [-0.4, -0.2) is 13.1 Å². The van der Waals surface area contributed by atoms with Crippen LogP contribution in [-0.2, 0) is 13.0 Å². The Hall–Kier alpha value is -1.02. The third kappa shape index (κ3) is 2.72. The molecule has 2 N–H and O–H groups in total. The minimum atomic E-state index is 1.00. The lowest BCUT2D eigenvalue weighted by Crippen LogP contribution is -2.15. The van der Waals surface area contributed by atoms with Gasteiger partial charge in [-0.25, -0.2) is 0 Å². The fourth-order valence-corrected chi connectivity index (χ4v) is 2.05. The first kappa shape index (κ1) is 10.5. The van der Waals surface area contributed by atoms with Crippen LogP contribution in [0.3, 0.4) is 0 Å². The first-order valence-electron chi connectivity index (χ1n) is 5.96. The average Bonchev–Trinajstić information content (AvgIpc) is 2.29. The summed E-state index contributed by atoms with van der Waals surface area (Å²) < 4.78 is 0. The minimum Gasteiger partial charge on any atom is -0.385 e. The van der Waals surface area contributed by atoms with Gasteiger partial charge in [-0.1, -0.05) is 19.1 Å². The SMILES string of the molecule is CCCNCc1ccc2c(c1)CCCN2. The molecule has 0 radical (unpaired) electrons. The monoisotopic (exact) mass is 204 g/mol. The zero-order valence-corrected chi connectivity index (χ0v) is 9.47. The molecule has 1 aliphatic heterocycles. The fraction of sp³-hybridized carbons (Fsp3) is 0.538. The predicted octanol–water partition coefficient (Wildman–Crippen LogP) is 2.54. The molecule has 0 atom stereocenters. The molecule has 82 valence electrons. The molecule has 2 rings (SSSR count). The Morgan fingerprint density at radius 1 is 1.40 bits per heavy atom. The third-order valence-electron chi connectivity index (χ3n) is 2.86. The molecule has 0 spiro atoms. The molecule has 0 aliphatic carbocycles. The molecule has 1 aromatic rings. The van der Waals surface area contributed by atoms with Crippen LogP contribution in [0.5, 0.6) is 0 Å². The van der Waals surface area contributed by atoms with E-state index in [1.807, 2.05) is 0 Å². The molecule has 1 aromatic carbocycles. The molecule has 0 aromatic heterocycles. The molecular weight excluding hydrogens is 184 g/mol. The number of anilines is 1. The Labute approximate surface area is 92.1 Å². The molecule has 0 bridgehead atoms. The van der Waals surface area contributed by atoms with E-state index in [0.717, 1.165) is 19.6 Å². The highest BCUT2D eigenvalue weighted by Gasteiger charge is 2.08. The topological polar surface area (TPSA) is 24.1 Å². The molecule has 15 heavy (non-hydrogen) atoms. The number of aryl methyl sites for hydroxylation is 1. The summed E-state index contributed by atoms with van der Waals surface area (Å²) in [4.78, 5) is 0. The maximum atomic E-state index is 3.44. The maximum absolute atomic E-state index is 3.44. The standard InChI is InChI=1S/C13H20N2/c1-2-7-14-10-11-5-6-13-12(9-11)4-3-8-15-13/h5-6,9,14-15H,2-4,7-8,10H2,1H3. The van der Waals surface area contributed by atoms with Crippen molar-refractivity contribution < 1.29 is 0 Å². The van der Waals surface area contributed by atoms with Gasteiger partial charge in [0.25, 0.3) is 0 Å². The zero-order chi connectivity index (χ0) is 10.5. The van der Waals surface area contributed by atoms with E-state index in [1.165, 1.54) is 36.1 Å². The number of benzene rings is 1. The van der Waals surface area contributed by atoms with E-state index in [2.05, 4.69) is 35.8 Å². The summed E-state index contributed by atoms with van der Waals surface area (Å²) >= 11 is 0. The molecule has 1 heterocycles. The molecule has 1 aliphatic rings. The highest BCUT2D eigenvalue weighted by atomic mass is 14.9. The van der Waals surface area contributed by atoms with E-state index < -0.39 is 0 Å². The Kier molecular flexibility index (Phi) is 3.62. The van der Waals surface area contributed by atoms with Crippen molar-refractivity contribution in [2.45, 2.75) is 32.7 Å². The van der Waals surface area contributed by atoms with Crippen LogP contribution in [0.25, 0.3) is 0 Å². The first-order valence-corrected chi connectivity index (χ1v) is 5.96. The average molecular weight is 204 g/mol. The van der Waals surface area contributed by atoms with Crippen LogP contribution in [0.15, 0.2) is 18.2 Å². The van der Waals surface area contributed by atoms with Crippen LogP contribution >= 0.6 is 0 Å². The van der Waals surface area contributed by atoms with Crippen LogP contribution in [0, 0.1) is 0 Å². The van der Waals surface area contributed by atoms with Crippen LogP contribution < -0.4 is 10.6 Å². The molecule has 0 saturated heterocycles. The Bertz CT molecular complexity index is 320. The van der Waals surface area contributed by atoms with E-state index >= 15 is 0 Å². The van der Waals surface area contributed by atoms with Gasteiger partial charge < -0.3 is 10.6 Å². The highest BCUT2D eigenvalue weighted by Crippen LogP contribution is 2.22. The van der Waals surface area contributed by atoms with Gasteiger partial charge in [-0.05, 0) is 43.0 Å². The summed E-state index contributed by atoms with van der Waals surface area (Å²) in [6.07, 6.45) is 3.69. The Morgan fingerprint density at radius 3 is 3.20 bits per heavy atom. The smallest absolute Gasteiger partial charge is 0.0372 e. The normalized spacial score (nSPS) is 14.5. The van der Waals surface area contributed by atoms with Crippen molar-refractivity contribution in [3.05, 3.63) is 29.3 Å². The van der Waals surface area contributed by atoms with E-state index in [0.29, 0.717) is 0 Å². The van der Waals surface area contributed by atoms with Gasteiger partial charge in [0.1, 0.15) is 0 Å². The van der Waals surface area contributed by atoms with Gasteiger partial charge in [-0.3, -0.25) is 0 Å². The quantitative estimate of drug-likeness (QED) is 0.736. The van der Waals surface area contributed by atoms with E-state index in [4.69, 9.17) is 0 Å². The van der Waals surface area contributed by atoms with Crippen molar-refractivity contribution >= 4 is 5.69 Å². The van der Waals surface area contributed by atoms with Crippen molar-refractivity contribution in [2.24, 2.45) is 0 Å². The lowest BCUT2D eigenvalue weighted by atomic mass is 10.0. The van der Waals surface area contributed by atoms with Crippen molar-refractivity contribution in [3.63, 3.8) is 0 Å². The van der Waals surface area contributed by atoms with Crippen LogP contribution in [0.1, 0.15) is 30.9 Å². The fourth-order valence-electron chi connectivity index (χ4n) is 2.05. The molecule has 0 unspecified atom stereocenters. The predicted molar refractivity (Wildman–Crippen MR) is 65.3 cm³/mol. The highest BCUT2D eigenvalue weighted by molar-refractivity contribution is 5.54. The van der Waals surface area contributed by atoms with Crippen LogP contribution in [0.2, 0.25) is 0 Å². The maximum Gasteiger partial charge on any atom is 0.0372 e. The molecule has 0 saturated carbocycles. The van der Waals surface area contributed by atoms with Gasteiger partial charge in [0.05, 0.1) is 0 Å². The van der Waals surface area contributed by atoms with Gasteiger partial charge in [0.15, 0.2) is 0 Å². The zero-order valence-electron chi connectivity index (χ0n) is 9.47. The van der Waals surface area contributed by atoms with Crippen molar-refractivity contribution in [2.75, 3.05) is 18.4 Å². The summed E-state index contributed by atoms with van der Waals surface area (Å²) in [5.41, 5.74) is 4.23. The van der Waals surface area contributed by atoms with Crippen molar-refractivity contribution in [3.8, 4) is 0 Å². The van der Waals surface area contributed by atoms with Gasteiger partial charge in [-0.2, -0.15) is 0 Å². The molecular formula is C13H20N2. The second-order valence-electron chi connectivity index (χ2n) is 4.20. The summed E-state index contributed by atoms with van der Waals surface area (Å²) in [5, 5.41) is 6.87. The first-order chi connectivity index (χ1) is 7.40. The Morgan fingerprint density at radius 2 is 2.33 bits per heavy atom. The lowest BCUT2D eigenvalue weighted by Gasteiger charge is -2.18. The molecule has 2 heteroatoms. The second-order valence-corrected chi connectivity index (χ2v) is 4.20. The van der Waals surface area contributed by atoms with Gasteiger partial charge in [-0.15, -0.1) is 0 Å². The molecule has 0 fully saturated rings. The summed E-state index contributed by atoms with van der Waals surface area (Å²) in [6.45, 7) is 5.43. The lowest BCUT2D eigenvalue weighted by molar-refractivity contribution is 0.674. The van der Waals surface area contributed by atoms with Crippen molar-refractivity contribution in [1.29, 1.82) is 0 Å². The summed E-state index contributed by atoms with van der Waals surface area (Å²) in [6, 6.07) is 6.78. The number of hydrogen-bond donors (Lipinski definition) is 2. The van der Waals surface area contributed by atoms with Crippen molar-refractivity contribution in [1.82, 2.24) is 5.32 Å². The third-order valence-corrected chi connectivity index (χ3v) is 2.86. The second kappa shape index (κ2) is 5.17. The number of rotatable bonds is 4. The number of nitrogens with one attached hydrogen (secondary N) is 2. The van der Waals surface area contributed by atoms with E-state index in [-0.39, 0.29) is 0 Å². The number of fused-ring (bicyclic) bond motifs is 1. The molecule has 2 nitrogen and oxygen atoms in total. The van der Waals surface area contributed by atoms with Crippen LogP contribution in [0.4, 0.5) is 5.69 Å². The Balaban J connectivity index is 2.00. The van der Waals surface area contributed by atoms with E-state index in [1.54, 1.807) is 0 Å². The largest absolute Gasteiger partial charge is 0.385 e. The number of hydrogen-bond acceptors (Lipinski definition) is 2. The van der Waals surface area contributed by atoms with Gasteiger partial charge >= 0.3 is 0 Å². The van der Waals surface area contributed by atoms with Gasteiger partial charge in [0.2, 0.25) is 0 Å². The minimum absolute atomic E-state index is 1.00. The summed E-state index contributed by atoms with van der Waals surface area (Å²) in [7, 11) is 0.